The Kier molecular flexibility index (Phi) is 10.1. The number of methoxy groups -OCH3 is 1. The van der Waals surface area contributed by atoms with Crippen molar-refractivity contribution in [1.82, 2.24) is 9.62 Å². The Bertz CT molecular complexity index is 1210. The molecule has 6 unspecified atom stereocenters. The zero-order valence-electron chi connectivity index (χ0n) is 23.3. The van der Waals surface area contributed by atoms with Crippen LogP contribution in [0.15, 0.2) is 59.5 Å². The molecule has 0 radical (unpaired) electrons. The smallest absolute Gasteiger partial charge is 0.407 e. The van der Waals surface area contributed by atoms with E-state index in [-0.39, 0.29) is 48.1 Å². The topological polar surface area (TPSA) is 140 Å². The molecule has 4 rings (SSSR count). The summed E-state index contributed by atoms with van der Waals surface area (Å²) < 4.78 is 45.4. The van der Waals surface area contributed by atoms with Gasteiger partial charge in [-0.2, -0.15) is 4.31 Å². The van der Waals surface area contributed by atoms with Crippen LogP contribution in [0.5, 0.6) is 0 Å². The highest BCUT2D eigenvalue weighted by atomic mass is 32.2. The Morgan fingerprint density at radius 2 is 1.82 bits per heavy atom. The first-order valence-electron chi connectivity index (χ1n) is 13.8. The van der Waals surface area contributed by atoms with Crippen molar-refractivity contribution >= 4 is 21.8 Å². The van der Waals surface area contributed by atoms with Crippen LogP contribution in [0.2, 0.25) is 0 Å². The van der Waals surface area contributed by atoms with E-state index in [1.165, 1.54) is 28.6 Å². The largest absolute Gasteiger partial charge is 0.446 e. The minimum atomic E-state index is -3.93. The van der Waals surface area contributed by atoms with Crippen LogP contribution in [0.3, 0.4) is 0 Å². The molecular formula is C29H41N3O7S. The van der Waals surface area contributed by atoms with Crippen LogP contribution >= 0.6 is 0 Å². The maximum Gasteiger partial charge on any atom is 0.407 e. The third kappa shape index (κ3) is 7.52. The number of hydrogen-bond donors (Lipinski definition) is 3. The van der Waals surface area contributed by atoms with Gasteiger partial charge in [0.05, 0.1) is 35.9 Å². The van der Waals surface area contributed by atoms with Crippen LogP contribution in [0.4, 0.5) is 10.5 Å². The fourth-order valence-electron chi connectivity index (χ4n) is 5.54. The zero-order valence-corrected chi connectivity index (χ0v) is 24.1. The molecule has 2 aromatic carbocycles. The quantitative estimate of drug-likeness (QED) is 0.328. The number of fused-ring (bicyclic) bond motifs is 1. The molecule has 11 heteroatoms. The van der Waals surface area contributed by atoms with Gasteiger partial charge < -0.3 is 30.4 Å². The Hall–Kier alpha value is -2.70. The van der Waals surface area contributed by atoms with Crippen LogP contribution < -0.4 is 11.1 Å². The molecular weight excluding hydrogens is 534 g/mol. The maximum atomic E-state index is 13.5. The number of hydrogen-bond acceptors (Lipinski definition) is 8. The van der Waals surface area contributed by atoms with Crippen molar-refractivity contribution in [3.05, 3.63) is 60.2 Å². The van der Waals surface area contributed by atoms with E-state index in [4.69, 9.17) is 19.9 Å². The van der Waals surface area contributed by atoms with E-state index in [0.29, 0.717) is 31.6 Å². The van der Waals surface area contributed by atoms with Crippen molar-refractivity contribution in [2.75, 3.05) is 32.5 Å². The highest BCUT2D eigenvalue weighted by Gasteiger charge is 2.46. The molecule has 1 amide bonds. The van der Waals surface area contributed by atoms with Crippen LogP contribution in [0.1, 0.15) is 32.3 Å². The summed E-state index contributed by atoms with van der Waals surface area (Å²) in [6, 6.07) is 14.6. The Morgan fingerprint density at radius 1 is 1.12 bits per heavy atom. The van der Waals surface area contributed by atoms with Gasteiger partial charge in [0.2, 0.25) is 10.0 Å². The van der Waals surface area contributed by atoms with Crippen molar-refractivity contribution in [3.8, 4) is 0 Å². The molecule has 4 N–H and O–H groups in total. The van der Waals surface area contributed by atoms with E-state index in [1.54, 1.807) is 7.11 Å². The van der Waals surface area contributed by atoms with Gasteiger partial charge >= 0.3 is 6.09 Å². The molecule has 220 valence electrons. The monoisotopic (exact) mass is 575 g/mol. The minimum Gasteiger partial charge on any atom is -0.446 e. The lowest BCUT2D eigenvalue weighted by molar-refractivity contribution is 0.0297. The number of nitrogen functional groups attached to an aromatic ring is 1. The number of amides is 1. The van der Waals surface area contributed by atoms with Crippen LogP contribution in [-0.4, -0.2) is 81.2 Å². The molecule has 1 aliphatic heterocycles. The number of alkyl carbamates (subject to hydrolysis) is 1. The Morgan fingerprint density at radius 3 is 2.48 bits per heavy atom. The van der Waals surface area contributed by atoms with Crippen LogP contribution in [-0.2, 0) is 30.7 Å². The number of nitrogens with one attached hydrogen (secondary N) is 1. The van der Waals surface area contributed by atoms with Gasteiger partial charge in [-0.3, -0.25) is 0 Å². The molecule has 1 aliphatic carbocycles. The third-order valence-corrected chi connectivity index (χ3v) is 9.43. The summed E-state index contributed by atoms with van der Waals surface area (Å²) in [4.78, 5) is 13.1. The molecule has 2 aromatic rings. The summed E-state index contributed by atoms with van der Waals surface area (Å²) in [5, 5.41) is 14.2. The summed E-state index contributed by atoms with van der Waals surface area (Å²) >= 11 is 0. The van der Waals surface area contributed by atoms with Gasteiger partial charge in [0.25, 0.3) is 0 Å². The highest BCUT2D eigenvalue weighted by molar-refractivity contribution is 7.89. The highest BCUT2D eigenvalue weighted by Crippen LogP contribution is 2.38. The second-order valence-corrected chi connectivity index (χ2v) is 13.0. The lowest BCUT2D eigenvalue weighted by Gasteiger charge is -2.31. The Balaban J connectivity index is 1.48. The van der Waals surface area contributed by atoms with Gasteiger partial charge in [0.15, 0.2) is 0 Å². The summed E-state index contributed by atoms with van der Waals surface area (Å²) in [6.07, 6.45) is -0.683. The number of rotatable bonds is 12. The van der Waals surface area contributed by atoms with E-state index in [9.17, 15) is 18.3 Å². The molecule has 0 spiro atoms. The molecule has 10 nitrogen and oxygen atoms in total. The predicted molar refractivity (Wildman–Crippen MR) is 151 cm³/mol. The molecule has 0 bridgehead atoms. The van der Waals surface area contributed by atoms with E-state index >= 15 is 0 Å². The summed E-state index contributed by atoms with van der Waals surface area (Å²) in [5.41, 5.74) is 7.09. The van der Waals surface area contributed by atoms with Crippen molar-refractivity contribution in [2.24, 2.45) is 11.8 Å². The van der Waals surface area contributed by atoms with Crippen LogP contribution in [0, 0.1) is 11.8 Å². The first-order chi connectivity index (χ1) is 19.1. The summed E-state index contributed by atoms with van der Waals surface area (Å²) in [5.74, 6) is 0.179. The van der Waals surface area contributed by atoms with Gasteiger partial charge in [-0.25, -0.2) is 13.2 Å². The molecule has 2 aliphatic rings. The van der Waals surface area contributed by atoms with E-state index in [0.717, 1.165) is 5.56 Å². The summed E-state index contributed by atoms with van der Waals surface area (Å²) in [7, 11) is -2.27. The third-order valence-electron chi connectivity index (χ3n) is 7.58. The number of ether oxygens (including phenoxy) is 3. The second kappa shape index (κ2) is 13.3. The predicted octanol–water partition coefficient (Wildman–Crippen LogP) is 2.81. The number of carbonyl (C=O) groups excluding carboxylic acids is 1. The van der Waals surface area contributed by atoms with Crippen molar-refractivity contribution < 1.29 is 32.5 Å². The van der Waals surface area contributed by atoms with E-state index in [1.807, 2.05) is 44.2 Å². The maximum absolute atomic E-state index is 13.5. The summed E-state index contributed by atoms with van der Waals surface area (Å²) in [6.45, 7) is 4.34. The number of nitrogens with two attached hydrogens (primary N) is 1. The number of carbonyl (C=O) groups is 1. The van der Waals surface area contributed by atoms with Crippen molar-refractivity contribution in [2.45, 2.75) is 68.5 Å². The Labute approximate surface area is 236 Å². The normalized spacial score (nSPS) is 24.1. The van der Waals surface area contributed by atoms with Gasteiger partial charge in [0, 0.05) is 38.2 Å². The standard InChI is InChI=1S/C29H41N3O7S/c1-19(2)16-32(40(35,36)23-11-9-21(30)10-12-23)17-26(33)25(13-20-7-5-4-6-8-20)31-29(34)39-22-14-24-27(15-22)38-18-28(24)37-3/h4-12,19,22,24-28,33H,13-18,30H2,1-3H3,(H,31,34). The fourth-order valence-corrected chi connectivity index (χ4v) is 7.16. The second-order valence-electron chi connectivity index (χ2n) is 11.1. The molecule has 2 fully saturated rings. The van der Waals surface area contributed by atoms with E-state index in [2.05, 4.69) is 5.32 Å². The van der Waals surface area contributed by atoms with Crippen LogP contribution in [0.25, 0.3) is 0 Å². The number of aliphatic hydroxyl groups is 1. The molecule has 6 atom stereocenters. The molecule has 40 heavy (non-hydrogen) atoms. The molecule has 1 heterocycles. The van der Waals surface area contributed by atoms with Crippen molar-refractivity contribution in [1.29, 1.82) is 0 Å². The first-order valence-corrected chi connectivity index (χ1v) is 15.2. The van der Waals surface area contributed by atoms with Gasteiger partial charge in [-0.1, -0.05) is 44.2 Å². The lowest BCUT2D eigenvalue weighted by atomic mass is 10.0. The van der Waals surface area contributed by atoms with Gasteiger partial charge in [-0.05, 0) is 48.6 Å². The average Bonchev–Trinajstić information content (AvgIpc) is 3.48. The van der Waals surface area contributed by atoms with Crippen molar-refractivity contribution in [3.63, 3.8) is 0 Å². The fraction of sp³-hybridized carbons (Fsp3) is 0.552. The van der Waals surface area contributed by atoms with Gasteiger partial charge in [-0.15, -0.1) is 0 Å². The number of benzene rings is 2. The van der Waals surface area contributed by atoms with E-state index < -0.39 is 28.3 Å². The zero-order chi connectivity index (χ0) is 28.9. The average molecular weight is 576 g/mol. The lowest BCUT2D eigenvalue weighted by Crippen LogP contribution is -2.51. The molecule has 1 saturated heterocycles. The number of aliphatic hydroxyl groups excluding tert-OH is 1. The minimum absolute atomic E-state index is 0.00113. The van der Waals surface area contributed by atoms with Gasteiger partial charge in [0.1, 0.15) is 6.10 Å². The molecule has 1 saturated carbocycles. The molecule has 0 aromatic heterocycles. The first kappa shape index (κ1) is 30.3. The number of anilines is 1. The number of nitrogens with zero attached hydrogens (tertiary/aromatic N) is 1. The number of sulfonamides is 1. The SMILES string of the molecule is COC1COC2CC(OC(=O)NC(Cc3ccccc3)C(O)CN(CC(C)C)S(=O)(=O)c3ccc(N)cc3)CC12.